The quantitative estimate of drug-likeness (QED) is 0.326. The van der Waals surface area contributed by atoms with Crippen molar-refractivity contribution in [3.63, 3.8) is 0 Å². The van der Waals surface area contributed by atoms with Crippen LogP contribution >= 0.6 is 0 Å². The number of carboxylic acid groups (broad SMARTS) is 2. The van der Waals surface area contributed by atoms with E-state index in [-0.39, 0.29) is 24.4 Å². The van der Waals surface area contributed by atoms with E-state index in [1.165, 1.54) is 13.8 Å². The van der Waals surface area contributed by atoms with Crippen molar-refractivity contribution in [2.75, 3.05) is 13.2 Å². The van der Waals surface area contributed by atoms with E-state index in [1.54, 1.807) is 13.8 Å². The van der Waals surface area contributed by atoms with Crippen molar-refractivity contribution in [3.8, 4) is 0 Å². The summed E-state index contributed by atoms with van der Waals surface area (Å²) in [7, 11) is 0. The zero-order valence-electron chi connectivity index (χ0n) is 22.4. The molecule has 4 rings (SSSR count). The van der Waals surface area contributed by atoms with E-state index in [0.717, 1.165) is 6.42 Å². The molecular weight excluding hydrogens is 464 g/mol. The zero-order valence-corrected chi connectivity index (χ0v) is 22.4. The molecule has 4 bridgehead atoms. The van der Waals surface area contributed by atoms with Gasteiger partial charge in [-0.05, 0) is 68.6 Å². The van der Waals surface area contributed by atoms with Crippen LogP contribution in [0.4, 0.5) is 0 Å². The average Bonchev–Trinajstić information content (AvgIpc) is 2.73. The lowest BCUT2D eigenvalue weighted by molar-refractivity contribution is -0.313. The third kappa shape index (κ3) is 3.79. The molecule has 200 valence electrons. The first-order valence-electron chi connectivity index (χ1n) is 12.5. The summed E-state index contributed by atoms with van der Waals surface area (Å²) in [5.74, 6) is -4.62. The van der Waals surface area contributed by atoms with Gasteiger partial charge >= 0.3 is 23.9 Å². The van der Waals surface area contributed by atoms with Gasteiger partial charge in [0.2, 0.25) is 0 Å². The SMILES string of the molecule is C=C(C)C(=O)OCC(C)C1(C(C)COC(=O)C(=C)C)C2(C(=O)O)CC3(C)CC(C)(C2)CC1(C(=O)O)C3. The molecule has 36 heavy (non-hydrogen) atoms. The van der Waals surface area contributed by atoms with Gasteiger partial charge in [0.25, 0.3) is 0 Å². The topological polar surface area (TPSA) is 127 Å². The van der Waals surface area contributed by atoms with E-state index < -0.39 is 62.8 Å². The first kappa shape index (κ1) is 27.9. The Kier molecular flexibility index (Phi) is 6.78. The van der Waals surface area contributed by atoms with Crippen molar-refractivity contribution < 1.29 is 38.9 Å². The van der Waals surface area contributed by atoms with Gasteiger partial charge in [-0.3, -0.25) is 9.59 Å². The fourth-order valence-electron chi connectivity index (χ4n) is 9.43. The summed E-state index contributed by atoms with van der Waals surface area (Å²) in [6, 6.07) is 0. The molecule has 0 aromatic rings. The highest BCUT2D eigenvalue weighted by Crippen LogP contribution is 2.83. The molecule has 2 unspecified atom stereocenters. The second-order valence-electron chi connectivity index (χ2n) is 12.7. The predicted molar refractivity (Wildman–Crippen MR) is 132 cm³/mol. The molecule has 2 atom stereocenters. The molecule has 0 saturated heterocycles. The Morgan fingerprint density at radius 2 is 1.03 bits per heavy atom. The molecule has 0 aromatic carbocycles. The molecule has 4 saturated carbocycles. The molecule has 2 N–H and O–H groups in total. The van der Waals surface area contributed by atoms with Crippen LogP contribution in [-0.2, 0) is 28.7 Å². The molecule has 4 aliphatic carbocycles. The number of rotatable bonds is 10. The summed E-state index contributed by atoms with van der Waals surface area (Å²) in [4.78, 5) is 51.4. The molecule has 8 heteroatoms. The first-order chi connectivity index (χ1) is 16.4. The zero-order chi connectivity index (χ0) is 27.5. The first-order valence-corrected chi connectivity index (χ1v) is 12.5. The lowest BCUT2D eigenvalue weighted by Gasteiger charge is -2.77. The Balaban J connectivity index is 2.26. The lowest BCUT2D eigenvalue weighted by atomic mass is 9.24. The van der Waals surface area contributed by atoms with Gasteiger partial charge < -0.3 is 19.7 Å². The monoisotopic (exact) mass is 504 g/mol. The van der Waals surface area contributed by atoms with Gasteiger partial charge in [-0.25, -0.2) is 9.59 Å². The Bertz CT molecular complexity index is 929. The lowest BCUT2D eigenvalue weighted by Crippen LogP contribution is -2.78. The fourth-order valence-corrected chi connectivity index (χ4v) is 9.43. The molecule has 0 heterocycles. The minimum absolute atomic E-state index is 0.165. The van der Waals surface area contributed by atoms with Crippen LogP contribution in [0.1, 0.15) is 73.6 Å². The second kappa shape index (κ2) is 8.73. The van der Waals surface area contributed by atoms with Crippen molar-refractivity contribution in [1.82, 2.24) is 0 Å². The molecule has 0 radical (unpaired) electrons. The number of esters is 2. The Labute approximate surface area is 213 Å². The van der Waals surface area contributed by atoms with Gasteiger partial charge in [0, 0.05) is 16.6 Å². The predicted octanol–water partition coefficient (Wildman–Crippen LogP) is 4.63. The van der Waals surface area contributed by atoms with E-state index in [4.69, 9.17) is 9.47 Å². The summed E-state index contributed by atoms with van der Waals surface area (Å²) in [5, 5.41) is 21.9. The summed E-state index contributed by atoms with van der Waals surface area (Å²) in [5.41, 5.74) is -4.71. The fraction of sp³-hybridized carbons (Fsp3) is 0.714. The molecule has 0 aliphatic heterocycles. The van der Waals surface area contributed by atoms with E-state index in [2.05, 4.69) is 13.2 Å². The Morgan fingerprint density at radius 3 is 1.28 bits per heavy atom. The molecule has 4 fully saturated rings. The van der Waals surface area contributed by atoms with Crippen LogP contribution in [0.2, 0.25) is 0 Å². The molecule has 8 nitrogen and oxygen atoms in total. The number of carbonyl (C=O) groups excluding carboxylic acids is 2. The summed E-state index contributed by atoms with van der Waals surface area (Å²) in [6.45, 7) is 17.5. The van der Waals surface area contributed by atoms with Crippen LogP contribution in [0.5, 0.6) is 0 Å². The minimum Gasteiger partial charge on any atom is -0.481 e. The normalized spacial score (nSPS) is 38.1. The van der Waals surface area contributed by atoms with E-state index in [0.29, 0.717) is 25.7 Å². The second-order valence-corrected chi connectivity index (χ2v) is 12.7. The molecule has 0 spiro atoms. The maximum atomic E-state index is 13.4. The van der Waals surface area contributed by atoms with Crippen molar-refractivity contribution in [3.05, 3.63) is 24.3 Å². The van der Waals surface area contributed by atoms with Gasteiger partial charge in [0.05, 0.1) is 24.0 Å². The standard InChI is InChI=1S/C28H40O8/c1-16(2)20(29)35-9-18(5)28(19(6)10-36-21(30)17(3)4)26(22(31)32)12-24(7)11-25(8,14-26)15-27(28,13-24)23(33)34/h18-19H,1,3,9-15H2,2,4-8H3,(H,31,32)(H,33,34). The van der Waals surface area contributed by atoms with E-state index in [9.17, 15) is 29.4 Å². The molecule has 0 amide bonds. The van der Waals surface area contributed by atoms with E-state index >= 15 is 0 Å². The van der Waals surface area contributed by atoms with Crippen LogP contribution in [0.3, 0.4) is 0 Å². The van der Waals surface area contributed by atoms with Crippen LogP contribution < -0.4 is 0 Å². The van der Waals surface area contributed by atoms with E-state index in [1.807, 2.05) is 13.8 Å². The maximum Gasteiger partial charge on any atom is 0.333 e. The largest absolute Gasteiger partial charge is 0.481 e. The summed E-state index contributed by atoms with van der Waals surface area (Å²) >= 11 is 0. The van der Waals surface area contributed by atoms with Crippen molar-refractivity contribution >= 4 is 23.9 Å². The Hall–Kier alpha value is -2.64. The highest BCUT2D eigenvalue weighted by Gasteiger charge is 2.83. The Morgan fingerprint density at radius 1 is 0.722 bits per heavy atom. The van der Waals surface area contributed by atoms with Crippen LogP contribution in [0, 0.1) is 38.9 Å². The number of ether oxygens (including phenoxy) is 2. The van der Waals surface area contributed by atoms with Crippen LogP contribution in [-0.4, -0.2) is 47.3 Å². The highest BCUT2D eigenvalue weighted by molar-refractivity contribution is 5.88. The minimum atomic E-state index is -1.41. The van der Waals surface area contributed by atoms with Gasteiger partial charge in [0.15, 0.2) is 0 Å². The molecule has 0 aromatic heterocycles. The number of carbonyl (C=O) groups is 4. The molecule has 4 aliphatic rings. The van der Waals surface area contributed by atoms with Crippen LogP contribution in [0.25, 0.3) is 0 Å². The van der Waals surface area contributed by atoms with Gasteiger partial charge in [-0.1, -0.05) is 40.9 Å². The molecular formula is C28H40O8. The highest BCUT2D eigenvalue weighted by atomic mass is 16.5. The summed E-state index contributed by atoms with van der Waals surface area (Å²) < 4.78 is 11.0. The van der Waals surface area contributed by atoms with Crippen molar-refractivity contribution in [2.45, 2.75) is 73.6 Å². The number of hydrogen-bond donors (Lipinski definition) is 2. The van der Waals surface area contributed by atoms with Gasteiger partial charge in [0.1, 0.15) is 0 Å². The number of hydrogen-bond acceptors (Lipinski definition) is 6. The third-order valence-electron chi connectivity index (χ3n) is 9.35. The maximum absolute atomic E-state index is 13.4. The summed E-state index contributed by atoms with van der Waals surface area (Å²) in [6.07, 6.45) is 2.03. The van der Waals surface area contributed by atoms with Crippen molar-refractivity contribution in [1.29, 1.82) is 0 Å². The van der Waals surface area contributed by atoms with Gasteiger partial charge in [-0.15, -0.1) is 0 Å². The van der Waals surface area contributed by atoms with Crippen molar-refractivity contribution in [2.24, 2.45) is 38.9 Å². The van der Waals surface area contributed by atoms with Crippen LogP contribution in [0.15, 0.2) is 24.3 Å². The number of carboxylic acids is 2. The average molecular weight is 505 g/mol. The smallest absolute Gasteiger partial charge is 0.333 e. The van der Waals surface area contributed by atoms with Gasteiger partial charge in [-0.2, -0.15) is 0 Å². The number of aliphatic carboxylic acids is 2. The third-order valence-corrected chi connectivity index (χ3v) is 9.35.